The van der Waals surface area contributed by atoms with Crippen molar-refractivity contribution in [2.75, 3.05) is 31.1 Å². The maximum absolute atomic E-state index is 12.6. The van der Waals surface area contributed by atoms with E-state index in [4.69, 9.17) is 5.26 Å². The summed E-state index contributed by atoms with van der Waals surface area (Å²) in [6.07, 6.45) is 0. The Hall–Kier alpha value is -2.80. The molecule has 4 heteroatoms. The van der Waals surface area contributed by atoms with E-state index in [2.05, 4.69) is 43.0 Å². The fraction of sp³-hybridized carbons (Fsp3) is 0.300. The van der Waals surface area contributed by atoms with Gasteiger partial charge in [-0.1, -0.05) is 23.8 Å². The van der Waals surface area contributed by atoms with Crippen molar-refractivity contribution in [3.8, 4) is 6.07 Å². The van der Waals surface area contributed by atoms with Crippen molar-refractivity contribution in [2.45, 2.75) is 13.8 Å². The summed E-state index contributed by atoms with van der Waals surface area (Å²) in [6, 6.07) is 15.5. The first-order valence-electron chi connectivity index (χ1n) is 8.20. The van der Waals surface area contributed by atoms with Crippen LogP contribution in [0, 0.1) is 25.2 Å². The molecule has 0 radical (unpaired) electrons. The minimum absolute atomic E-state index is 0.00683. The molecule has 1 saturated heterocycles. The number of hydrogen-bond donors (Lipinski definition) is 0. The number of nitrogens with zero attached hydrogens (tertiary/aromatic N) is 3. The van der Waals surface area contributed by atoms with Gasteiger partial charge in [-0.15, -0.1) is 0 Å². The Morgan fingerprint density at radius 3 is 2.46 bits per heavy atom. The molecular weight excluding hydrogens is 298 g/mol. The molecule has 0 saturated carbocycles. The van der Waals surface area contributed by atoms with Crippen LogP contribution in [0.3, 0.4) is 0 Å². The Morgan fingerprint density at radius 1 is 1.04 bits per heavy atom. The highest BCUT2D eigenvalue weighted by Gasteiger charge is 2.23. The third-order valence-corrected chi connectivity index (χ3v) is 4.50. The molecule has 1 amide bonds. The van der Waals surface area contributed by atoms with Gasteiger partial charge in [-0.2, -0.15) is 5.26 Å². The van der Waals surface area contributed by atoms with E-state index in [9.17, 15) is 4.79 Å². The van der Waals surface area contributed by atoms with E-state index in [0.717, 1.165) is 13.1 Å². The lowest BCUT2D eigenvalue weighted by Gasteiger charge is -2.37. The summed E-state index contributed by atoms with van der Waals surface area (Å²) in [5, 5.41) is 8.98. The lowest BCUT2D eigenvalue weighted by Crippen LogP contribution is -2.49. The van der Waals surface area contributed by atoms with Crippen LogP contribution in [0.15, 0.2) is 42.5 Å². The highest BCUT2D eigenvalue weighted by Crippen LogP contribution is 2.23. The number of aryl methyl sites for hydroxylation is 2. The minimum atomic E-state index is 0.00683. The van der Waals surface area contributed by atoms with Gasteiger partial charge in [-0.25, -0.2) is 0 Å². The van der Waals surface area contributed by atoms with Crippen LogP contribution in [0.25, 0.3) is 0 Å². The molecule has 1 aliphatic rings. The molecule has 0 aromatic heterocycles. The van der Waals surface area contributed by atoms with Gasteiger partial charge < -0.3 is 9.80 Å². The molecule has 3 rings (SSSR count). The first-order chi connectivity index (χ1) is 11.6. The summed E-state index contributed by atoms with van der Waals surface area (Å²) >= 11 is 0. The summed E-state index contributed by atoms with van der Waals surface area (Å²) < 4.78 is 0. The number of carbonyl (C=O) groups is 1. The highest BCUT2D eigenvalue weighted by molar-refractivity contribution is 5.94. The smallest absolute Gasteiger partial charge is 0.254 e. The number of anilines is 1. The SMILES string of the molecule is Cc1ccc(N2CCN(C(=O)c3cccc(C#N)c3)CC2)c(C)c1. The van der Waals surface area contributed by atoms with Crippen LogP contribution >= 0.6 is 0 Å². The monoisotopic (exact) mass is 319 g/mol. The van der Waals surface area contributed by atoms with Crippen molar-refractivity contribution in [2.24, 2.45) is 0 Å². The molecule has 1 heterocycles. The molecule has 24 heavy (non-hydrogen) atoms. The molecule has 4 nitrogen and oxygen atoms in total. The van der Waals surface area contributed by atoms with E-state index in [1.807, 2.05) is 4.90 Å². The summed E-state index contributed by atoms with van der Waals surface area (Å²) in [7, 11) is 0. The van der Waals surface area contributed by atoms with Crippen molar-refractivity contribution in [3.63, 3.8) is 0 Å². The third kappa shape index (κ3) is 3.26. The maximum atomic E-state index is 12.6. The molecule has 0 N–H and O–H groups in total. The first kappa shape index (κ1) is 16.1. The van der Waals surface area contributed by atoms with Gasteiger partial charge >= 0.3 is 0 Å². The molecule has 2 aromatic carbocycles. The van der Waals surface area contributed by atoms with Crippen molar-refractivity contribution in [1.82, 2.24) is 4.90 Å². The second-order valence-electron chi connectivity index (χ2n) is 6.26. The molecule has 0 spiro atoms. The standard InChI is InChI=1S/C20H21N3O/c1-15-6-7-19(16(2)12-15)22-8-10-23(11-9-22)20(24)18-5-3-4-17(13-18)14-21/h3-7,12-13H,8-11H2,1-2H3. The van der Waals surface area contributed by atoms with Crippen molar-refractivity contribution >= 4 is 11.6 Å². The van der Waals surface area contributed by atoms with Crippen molar-refractivity contribution in [1.29, 1.82) is 5.26 Å². The lowest BCUT2D eigenvalue weighted by molar-refractivity contribution is 0.0746. The minimum Gasteiger partial charge on any atom is -0.368 e. The molecular formula is C20H21N3O. The number of amides is 1. The second kappa shape index (κ2) is 6.76. The normalized spacial score (nSPS) is 14.4. The highest BCUT2D eigenvalue weighted by atomic mass is 16.2. The summed E-state index contributed by atoms with van der Waals surface area (Å²) in [5.74, 6) is 0.00683. The Balaban J connectivity index is 1.68. The Kier molecular flexibility index (Phi) is 4.52. The molecule has 0 atom stereocenters. The quantitative estimate of drug-likeness (QED) is 0.854. The molecule has 0 unspecified atom stereocenters. The van der Waals surface area contributed by atoms with Crippen LogP contribution in [-0.4, -0.2) is 37.0 Å². The number of piperazine rings is 1. The van der Waals surface area contributed by atoms with Gasteiger partial charge in [0, 0.05) is 37.4 Å². The van der Waals surface area contributed by atoms with Gasteiger partial charge in [0.25, 0.3) is 5.91 Å². The summed E-state index contributed by atoms with van der Waals surface area (Å²) in [4.78, 5) is 16.8. The fourth-order valence-corrected chi connectivity index (χ4v) is 3.21. The molecule has 1 fully saturated rings. The topological polar surface area (TPSA) is 47.3 Å². The second-order valence-corrected chi connectivity index (χ2v) is 6.26. The fourth-order valence-electron chi connectivity index (χ4n) is 3.21. The molecule has 122 valence electrons. The molecule has 0 bridgehead atoms. The molecule has 1 aliphatic heterocycles. The van der Waals surface area contributed by atoms with Crippen LogP contribution in [-0.2, 0) is 0 Å². The van der Waals surface area contributed by atoms with Crippen LogP contribution in [0.4, 0.5) is 5.69 Å². The van der Waals surface area contributed by atoms with Gasteiger partial charge in [-0.05, 0) is 43.7 Å². The van der Waals surface area contributed by atoms with Gasteiger partial charge in [0.15, 0.2) is 0 Å². The number of rotatable bonds is 2. The Morgan fingerprint density at radius 2 is 1.79 bits per heavy atom. The zero-order valence-electron chi connectivity index (χ0n) is 14.1. The van der Waals surface area contributed by atoms with E-state index in [-0.39, 0.29) is 5.91 Å². The van der Waals surface area contributed by atoms with Gasteiger partial charge in [0.2, 0.25) is 0 Å². The van der Waals surface area contributed by atoms with Gasteiger partial charge in [0.05, 0.1) is 11.6 Å². The number of nitriles is 1. The summed E-state index contributed by atoms with van der Waals surface area (Å²) in [6.45, 7) is 7.28. The van der Waals surface area contributed by atoms with E-state index in [1.165, 1.54) is 16.8 Å². The molecule has 0 aliphatic carbocycles. The predicted molar refractivity (Wildman–Crippen MR) is 95.2 cm³/mol. The Labute approximate surface area is 142 Å². The van der Waals surface area contributed by atoms with Crippen LogP contribution in [0.2, 0.25) is 0 Å². The van der Waals surface area contributed by atoms with Crippen molar-refractivity contribution < 1.29 is 4.79 Å². The van der Waals surface area contributed by atoms with E-state index < -0.39 is 0 Å². The average Bonchev–Trinajstić information content (AvgIpc) is 2.61. The maximum Gasteiger partial charge on any atom is 0.254 e. The van der Waals surface area contributed by atoms with Crippen molar-refractivity contribution in [3.05, 3.63) is 64.7 Å². The average molecular weight is 319 g/mol. The number of hydrogen-bond acceptors (Lipinski definition) is 3. The summed E-state index contributed by atoms with van der Waals surface area (Å²) in [5.41, 5.74) is 4.90. The predicted octanol–water partition coefficient (Wildman–Crippen LogP) is 3.14. The zero-order valence-corrected chi connectivity index (χ0v) is 14.1. The van der Waals surface area contributed by atoms with E-state index in [1.54, 1.807) is 24.3 Å². The molecule has 2 aromatic rings. The van der Waals surface area contributed by atoms with Crippen LogP contribution in [0.1, 0.15) is 27.0 Å². The van der Waals surface area contributed by atoms with Gasteiger partial charge in [0.1, 0.15) is 0 Å². The van der Waals surface area contributed by atoms with E-state index in [0.29, 0.717) is 24.2 Å². The Bertz CT molecular complexity index is 799. The lowest BCUT2D eigenvalue weighted by atomic mass is 10.1. The number of benzene rings is 2. The third-order valence-electron chi connectivity index (χ3n) is 4.50. The number of carbonyl (C=O) groups excluding carboxylic acids is 1. The van der Waals surface area contributed by atoms with Crippen LogP contribution in [0.5, 0.6) is 0 Å². The van der Waals surface area contributed by atoms with Gasteiger partial charge in [-0.3, -0.25) is 4.79 Å². The van der Waals surface area contributed by atoms with E-state index >= 15 is 0 Å². The first-order valence-corrected chi connectivity index (χ1v) is 8.20. The van der Waals surface area contributed by atoms with Crippen LogP contribution < -0.4 is 4.90 Å². The zero-order chi connectivity index (χ0) is 17.1. The largest absolute Gasteiger partial charge is 0.368 e.